The lowest BCUT2D eigenvalue weighted by Crippen LogP contribution is -2.51. The number of hydrogen-bond donors (Lipinski definition) is 0. The van der Waals surface area contributed by atoms with Crippen LogP contribution in [0.15, 0.2) is 0 Å². The fraction of sp³-hybridized carbons (Fsp3) is 0.875. The lowest BCUT2D eigenvalue weighted by Gasteiger charge is -2.39. The van der Waals surface area contributed by atoms with Crippen LogP contribution in [0.3, 0.4) is 0 Å². The number of carbonyl (C=O) groups is 2. The zero-order valence-corrected chi connectivity index (χ0v) is 16.4. The molecule has 0 radical (unpaired) electrons. The highest BCUT2D eigenvalue weighted by molar-refractivity contribution is 7.86. The van der Waals surface area contributed by atoms with Crippen molar-refractivity contribution in [2.45, 2.75) is 71.1 Å². The first kappa shape index (κ1) is 21.7. The number of esters is 1. The summed E-state index contributed by atoms with van der Waals surface area (Å²) in [5.41, 5.74) is -0.673. The Morgan fingerprint density at radius 1 is 1.20 bits per heavy atom. The average molecular weight is 379 g/mol. The van der Waals surface area contributed by atoms with Gasteiger partial charge < -0.3 is 14.4 Å². The minimum atomic E-state index is -3.61. The molecule has 2 unspecified atom stereocenters. The van der Waals surface area contributed by atoms with Crippen molar-refractivity contribution in [2.24, 2.45) is 0 Å². The van der Waals surface area contributed by atoms with E-state index >= 15 is 0 Å². The minimum absolute atomic E-state index is 0.107. The van der Waals surface area contributed by atoms with E-state index in [9.17, 15) is 18.0 Å². The molecule has 8 nitrogen and oxygen atoms in total. The van der Waals surface area contributed by atoms with E-state index < -0.39 is 27.9 Å². The third kappa shape index (κ3) is 8.53. The lowest BCUT2D eigenvalue weighted by atomic mass is 9.97. The van der Waals surface area contributed by atoms with Crippen molar-refractivity contribution in [3.05, 3.63) is 0 Å². The first-order valence-electron chi connectivity index (χ1n) is 8.44. The summed E-state index contributed by atoms with van der Waals surface area (Å²) >= 11 is 0. The maximum absolute atomic E-state index is 12.5. The van der Waals surface area contributed by atoms with Gasteiger partial charge in [0.1, 0.15) is 5.60 Å². The Morgan fingerprint density at radius 2 is 1.84 bits per heavy atom. The van der Waals surface area contributed by atoms with Gasteiger partial charge in [-0.1, -0.05) is 0 Å². The second kappa shape index (κ2) is 8.84. The quantitative estimate of drug-likeness (QED) is 0.514. The van der Waals surface area contributed by atoms with E-state index in [1.165, 1.54) is 4.90 Å². The molecule has 1 rings (SSSR count). The number of hydrogen-bond acceptors (Lipinski definition) is 7. The van der Waals surface area contributed by atoms with Crippen molar-refractivity contribution in [3.63, 3.8) is 0 Å². The number of likely N-dealkylation sites (tertiary alicyclic amines) is 1. The molecule has 1 heterocycles. The number of nitrogens with zero attached hydrogens (tertiary/aromatic N) is 1. The molecule has 1 aliphatic rings. The van der Waals surface area contributed by atoms with E-state index in [4.69, 9.17) is 13.7 Å². The molecule has 0 aromatic rings. The largest absolute Gasteiger partial charge is 0.466 e. The summed E-state index contributed by atoms with van der Waals surface area (Å²) in [5.74, 6) is -0.318. The second-order valence-electron chi connectivity index (χ2n) is 7.13. The standard InChI is InChI=1S/C16H29NO7S/c1-6-22-14(18)10-8-12-7-9-13(24-25(5,20)21)11-17(12)15(19)23-16(2,3)4/h12-13H,6-11H2,1-5H3. The molecule has 0 aliphatic carbocycles. The van der Waals surface area contributed by atoms with Crippen LogP contribution in [-0.4, -0.2) is 62.5 Å². The van der Waals surface area contributed by atoms with Gasteiger partial charge in [0.05, 0.1) is 25.5 Å². The van der Waals surface area contributed by atoms with E-state index in [1.54, 1.807) is 27.7 Å². The smallest absolute Gasteiger partial charge is 0.410 e. The van der Waals surface area contributed by atoms with Gasteiger partial charge in [-0.25, -0.2) is 4.79 Å². The van der Waals surface area contributed by atoms with E-state index in [-0.39, 0.29) is 25.0 Å². The maximum Gasteiger partial charge on any atom is 0.410 e. The molecule has 0 aromatic carbocycles. The Balaban J connectivity index is 2.80. The summed E-state index contributed by atoms with van der Waals surface area (Å²) in [5, 5.41) is 0. The van der Waals surface area contributed by atoms with Crippen LogP contribution in [0, 0.1) is 0 Å². The SMILES string of the molecule is CCOC(=O)CCC1CCC(OS(C)(=O)=O)CN1C(=O)OC(C)(C)C. The Labute approximate surface area is 149 Å². The Morgan fingerprint density at radius 3 is 2.36 bits per heavy atom. The van der Waals surface area contributed by atoms with Gasteiger partial charge in [0, 0.05) is 12.5 Å². The topological polar surface area (TPSA) is 99.2 Å². The molecule has 146 valence electrons. The summed E-state index contributed by atoms with van der Waals surface area (Å²) < 4.78 is 38.1. The maximum atomic E-state index is 12.5. The van der Waals surface area contributed by atoms with Crippen LogP contribution >= 0.6 is 0 Å². The van der Waals surface area contributed by atoms with Crippen molar-refractivity contribution in [1.82, 2.24) is 4.90 Å². The molecule has 0 spiro atoms. The van der Waals surface area contributed by atoms with Crippen molar-refractivity contribution < 1.29 is 31.7 Å². The van der Waals surface area contributed by atoms with Gasteiger partial charge in [0.15, 0.2) is 0 Å². The summed E-state index contributed by atoms with van der Waals surface area (Å²) in [4.78, 5) is 25.5. The molecular weight excluding hydrogens is 350 g/mol. The fourth-order valence-corrected chi connectivity index (χ4v) is 3.33. The Bertz CT molecular complexity index is 568. The molecule has 0 saturated carbocycles. The molecule has 25 heavy (non-hydrogen) atoms. The van der Waals surface area contributed by atoms with Gasteiger partial charge in [0.2, 0.25) is 0 Å². The second-order valence-corrected chi connectivity index (χ2v) is 8.73. The van der Waals surface area contributed by atoms with Gasteiger partial charge in [-0.05, 0) is 47.0 Å². The van der Waals surface area contributed by atoms with Gasteiger partial charge >= 0.3 is 12.1 Å². The first-order valence-corrected chi connectivity index (χ1v) is 10.3. The first-order chi connectivity index (χ1) is 11.4. The number of piperidine rings is 1. The van der Waals surface area contributed by atoms with Crippen molar-refractivity contribution in [3.8, 4) is 0 Å². The molecule has 2 atom stereocenters. The minimum Gasteiger partial charge on any atom is -0.466 e. The van der Waals surface area contributed by atoms with Crippen LogP contribution in [0.1, 0.15) is 53.4 Å². The van der Waals surface area contributed by atoms with E-state index in [2.05, 4.69) is 0 Å². The predicted octanol–water partition coefficient (Wildman–Crippen LogP) is 2.07. The number of amides is 1. The molecule has 1 fully saturated rings. The summed E-state index contributed by atoms with van der Waals surface area (Å²) in [6.45, 7) is 7.42. The highest BCUT2D eigenvalue weighted by atomic mass is 32.2. The van der Waals surface area contributed by atoms with E-state index in [0.29, 0.717) is 25.9 Å². The normalized spacial score (nSPS) is 21.7. The fourth-order valence-electron chi connectivity index (χ4n) is 2.68. The molecule has 0 aromatic heterocycles. The van der Waals surface area contributed by atoms with Crippen molar-refractivity contribution in [1.29, 1.82) is 0 Å². The molecule has 0 bridgehead atoms. The molecule has 1 aliphatic heterocycles. The van der Waals surface area contributed by atoms with E-state index in [1.807, 2.05) is 0 Å². The Hall–Kier alpha value is -1.35. The van der Waals surface area contributed by atoms with E-state index in [0.717, 1.165) is 6.26 Å². The molecular formula is C16H29NO7S. The van der Waals surface area contributed by atoms with Gasteiger partial charge in [-0.3, -0.25) is 8.98 Å². The summed E-state index contributed by atoms with van der Waals surface area (Å²) in [6, 6.07) is -0.223. The third-order valence-corrected chi connectivity index (χ3v) is 4.21. The van der Waals surface area contributed by atoms with Gasteiger partial charge in [0.25, 0.3) is 10.1 Å². The lowest BCUT2D eigenvalue weighted by molar-refractivity contribution is -0.143. The van der Waals surface area contributed by atoms with Crippen molar-refractivity contribution in [2.75, 3.05) is 19.4 Å². The molecule has 1 saturated heterocycles. The van der Waals surface area contributed by atoms with Crippen LogP contribution in [0.4, 0.5) is 4.79 Å². The highest BCUT2D eigenvalue weighted by Crippen LogP contribution is 2.26. The molecule has 9 heteroatoms. The third-order valence-electron chi connectivity index (χ3n) is 3.59. The number of carbonyl (C=O) groups excluding carboxylic acids is 2. The Kier molecular flexibility index (Phi) is 7.67. The zero-order valence-electron chi connectivity index (χ0n) is 15.6. The summed E-state index contributed by atoms with van der Waals surface area (Å²) in [6.07, 6.45) is 1.47. The van der Waals surface area contributed by atoms with Gasteiger partial charge in [-0.2, -0.15) is 8.42 Å². The van der Waals surface area contributed by atoms with Crippen LogP contribution in [0.25, 0.3) is 0 Å². The molecule has 1 amide bonds. The number of rotatable bonds is 6. The van der Waals surface area contributed by atoms with Crippen LogP contribution < -0.4 is 0 Å². The number of ether oxygens (including phenoxy) is 2. The monoisotopic (exact) mass is 379 g/mol. The van der Waals surface area contributed by atoms with Crippen LogP contribution in [0.2, 0.25) is 0 Å². The van der Waals surface area contributed by atoms with Crippen LogP contribution in [0.5, 0.6) is 0 Å². The van der Waals surface area contributed by atoms with Crippen LogP contribution in [-0.2, 0) is 28.6 Å². The summed E-state index contributed by atoms with van der Waals surface area (Å²) in [7, 11) is -3.61. The predicted molar refractivity (Wildman–Crippen MR) is 91.5 cm³/mol. The highest BCUT2D eigenvalue weighted by Gasteiger charge is 2.36. The van der Waals surface area contributed by atoms with Crippen molar-refractivity contribution >= 4 is 22.2 Å². The van der Waals surface area contributed by atoms with Gasteiger partial charge in [-0.15, -0.1) is 0 Å². The molecule has 0 N–H and O–H groups in total. The zero-order chi connectivity index (χ0) is 19.3. The average Bonchev–Trinajstić information content (AvgIpc) is 2.42.